The number of aliphatic hydroxyl groups is 1. The predicted octanol–water partition coefficient (Wildman–Crippen LogP) is 4.15. The monoisotopic (exact) mass is 744 g/mol. The summed E-state index contributed by atoms with van der Waals surface area (Å²) in [5, 5.41) is 8.60. The van der Waals surface area contributed by atoms with E-state index in [1.165, 1.54) is 0 Å². The molecule has 0 fully saturated rings. The average molecular weight is 745 g/mol. The number of hydrogen-bond donors (Lipinski definition) is 1. The zero-order chi connectivity index (χ0) is 37.2. The van der Waals surface area contributed by atoms with E-state index in [4.69, 9.17) is 57.2 Å². The summed E-state index contributed by atoms with van der Waals surface area (Å²) in [7, 11) is 0. The lowest BCUT2D eigenvalue weighted by molar-refractivity contribution is -0.0399. The second-order valence-corrected chi connectivity index (χ2v) is 11.5. The molecule has 0 saturated heterocycles. The normalized spacial score (nSPS) is 11.7. The molecule has 0 radical (unpaired) electrons. The summed E-state index contributed by atoms with van der Waals surface area (Å²) in [5.74, 6) is 0. The number of aliphatic hydroxyl groups excluding tert-OH is 1. The third-order valence-corrected chi connectivity index (χ3v) is 7.67. The Labute approximate surface area is 315 Å². The molecule has 296 valence electrons. The number of benzene rings is 3. The van der Waals surface area contributed by atoms with Gasteiger partial charge in [-0.2, -0.15) is 0 Å². The average Bonchev–Trinajstić information content (AvgIpc) is 3.21. The fourth-order valence-electron chi connectivity index (χ4n) is 5.17. The summed E-state index contributed by atoms with van der Waals surface area (Å²) < 4.78 is 61.7. The molecule has 1 N–H and O–H groups in total. The van der Waals surface area contributed by atoms with E-state index in [-0.39, 0.29) is 6.61 Å². The van der Waals surface area contributed by atoms with E-state index in [0.29, 0.717) is 139 Å². The van der Waals surface area contributed by atoms with Gasteiger partial charge in [0.15, 0.2) is 0 Å². The quantitative estimate of drug-likeness (QED) is 0.0681. The maximum atomic E-state index is 8.60. The fourth-order valence-corrected chi connectivity index (χ4v) is 5.17. The van der Waals surface area contributed by atoms with Crippen molar-refractivity contribution in [2.75, 3.05) is 145 Å². The van der Waals surface area contributed by atoms with E-state index in [0.717, 1.165) is 16.7 Å². The first-order valence-electron chi connectivity index (χ1n) is 18.6. The highest BCUT2D eigenvalue weighted by atomic mass is 16.6. The van der Waals surface area contributed by atoms with Crippen molar-refractivity contribution < 1.29 is 57.2 Å². The van der Waals surface area contributed by atoms with Gasteiger partial charge < -0.3 is 57.2 Å². The van der Waals surface area contributed by atoms with Crippen LogP contribution in [0.2, 0.25) is 0 Å². The first kappa shape index (κ1) is 44.6. The van der Waals surface area contributed by atoms with Gasteiger partial charge >= 0.3 is 0 Å². The van der Waals surface area contributed by atoms with Crippen LogP contribution in [0.3, 0.4) is 0 Å². The van der Waals surface area contributed by atoms with E-state index < -0.39 is 5.60 Å². The second kappa shape index (κ2) is 31.5. The standard InChI is InChI=1S/C41H60O12/c42-16-17-43-18-19-44-20-21-45-22-23-46-24-25-47-26-27-48-28-29-49-30-31-50-32-33-51-34-35-52-36-37-53-41(38-10-4-1-5-11-38,39-12-6-2-7-13-39)40-14-8-3-9-15-40/h1-15,42H,16-37H2. The van der Waals surface area contributed by atoms with Crippen LogP contribution >= 0.6 is 0 Å². The van der Waals surface area contributed by atoms with Gasteiger partial charge in [-0.3, -0.25) is 0 Å². The van der Waals surface area contributed by atoms with Crippen LogP contribution in [0, 0.1) is 0 Å². The summed E-state index contributed by atoms with van der Waals surface area (Å²) in [6, 6.07) is 31.0. The van der Waals surface area contributed by atoms with Crippen molar-refractivity contribution in [3.05, 3.63) is 108 Å². The zero-order valence-corrected chi connectivity index (χ0v) is 31.2. The van der Waals surface area contributed by atoms with Gasteiger partial charge in [-0.05, 0) is 16.7 Å². The molecule has 0 spiro atoms. The first-order chi connectivity index (χ1) is 26.4. The molecule has 0 aliphatic heterocycles. The Balaban J connectivity index is 1.07. The smallest absolute Gasteiger partial charge is 0.143 e. The molecule has 0 amide bonds. The molecule has 3 aromatic carbocycles. The Hall–Kier alpha value is -2.82. The maximum Gasteiger partial charge on any atom is 0.143 e. The van der Waals surface area contributed by atoms with Crippen LogP contribution in [0.1, 0.15) is 16.7 Å². The predicted molar refractivity (Wildman–Crippen MR) is 200 cm³/mol. The van der Waals surface area contributed by atoms with E-state index >= 15 is 0 Å². The van der Waals surface area contributed by atoms with Crippen molar-refractivity contribution in [3.8, 4) is 0 Å². The van der Waals surface area contributed by atoms with Crippen molar-refractivity contribution >= 4 is 0 Å². The molecule has 12 nitrogen and oxygen atoms in total. The Morgan fingerprint density at radius 2 is 0.491 bits per heavy atom. The number of rotatable bonds is 36. The molecular formula is C41H60O12. The van der Waals surface area contributed by atoms with E-state index in [1.807, 2.05) is 54.6 Å². The van der Waals surface area contributed by atoms with Gasteiger partial charge in [0.2, 0.25) is 0 Å². The highest BCUT2D eigenvalue weighted by molar-refractivity contribution is 5.47. The minimum atomic E-state index is -0.753. The zero-order valence-electron chi connectivity index (χ0n) is 31.2. The van der Waals surface area contributed by atoms with Crippen LogP contribution in [-0.4, -0.2) is 150 Å². The van der Waals surface area contributed by atoms with Crippen LogP contribution in [0.15, 0.2) is 91.0 Å². The van der Waals surface area contributed by atoms with Gasteiger partial charge in [-0.25, -0.2) is 0 Å². The van der Waals surface area contributed by atoms with Crippen molar-refractivity contribution in [1.82, 2.24) is 0 Å². The summed E-state index contributed by atoms with van der Waals surface area (Å²) in [6.45, 7) is 10.1. The molecule has 3 aromatic rings. The van der Waals surface area contributed by atoms with E-state index in [2.05, 4.69) is 36.4 Å². The highest BCUT2D eigenvalue weighted by Gasteiger charge is 2.37. The molecule has 0 bridgehead atoms. The molecule has 0 heterocycles. The van der Waals surface area contributed by atoms with Crippen molar-refractivity contribution in [1.29, 1.82) is 0 Å². The van der Waals surface area contributed by atoms with Crippen molar-refractivity contribution in [3.63, 3.8) is 0 Å². The van der Waals surface area contributed by atoms with Gasteiger partial charge in [-0.1, -0.05) is 91.0 Å². The Kier molecular flexibility index (Phi) is 26.5. The molecule has 53 heavy (non-hydrogen) atoms. The van der Waals surface area contributed by atoms with Gasteiger partial charge in [0.25, 0.3) is 0 Å². The lowest BCUT2D eigenvalue weighted by Crippen LogP contribution is -2.34. The minimum Gasteiger partial charge on any atom is -0.394 e. The Morgan fingerprint density at radius 1 is 0.283 bits per heavy atom. The van der Waals surface area contributed by atoms with Crippen LogP contribution in [0.25, 0.3) is 0 Å². The lowest BCUT2D eigenvalue weighted by atomic mass is 9.80. The third kappa shape index (κ3) is 19.9. The molecule has 0 aromatic heterocycles. The minimum absolute atomic E-state index is 0.0230. The number of ether oxygens (including phenoxy) is 11. The van der Waals surface area contributed by atoms with Crippen molar-refractivity contribution in [2.45, 2.75) is 5.60 Å². The van der Waals surface area contributed by atoms with E-state index in [9.17, 15) is 0 Å². The maximum absolute atomic E-state index is 8.60. The van der Waals surface area contributed by atoms with Gasteiger partial charge in [0.1, 0.15) is 5.60 Å². The largest absolute Gasteiger partial charge is 0.394 e. The van der Waals surface area contributed by atoms with Crippen LogP contribution in [0.4, 0.5) is 0 Å². The molecule has 0 unspecified atom stereocenters. The van der Waals surface area contributed by atoms with Crippen LogP contribution < -0.4 is 0 Å². The Morgan fingerprint density at radius 3 is 0.717 bits per heavy atom. The molecule has 0 atom stereocenters. The molecular weight excluding hydrogens is 684 g/mol. The van der Waals surface area contributed by atoms with Crippen LogP contribution in [0.5, 0.6) is 0 Å². The summed E-state index contributed by atoms with van der Waals surface area (Å²) >= 11 is 0. The number of hydrogen-bond acceptors (Lipinski definition) is 12. The molecule has 0 aliphatic carbocycles. The van der Waals surface area contributed by atoms with Crippen LogP contribution in [-0.2, 0) is 57.7 Å². The summed E-state index contributed by atoms with van der Waals surface area (Å²) in [5.41, 5.74) is 2.44. The Bertz CT molecular complexity index is 1110. The molecule has 0 aliphatic rings. The van der Waals surface area contributed by atoms with Gasteiger partial charge in [-0.15, -0.1) is 0 Å². The first-order valence-corrected chi connectivity index (χ1v) is 18.6. The fraction of sp³-hybridized carbons (Fsp3) is 0.561. The van der Waals surface area contributed by atoms with E-state index in [1.54, 1.807) is 0 Å². The van der Waals surface area contributed by atoms with Crippen molar-refractivity contribution in [2.24, 2.45) is 0 Å². The molecule has 12 heteroatoms. The summed E-state index contributed by atoms with van der Waals surface area (Å²) in [6.07, 6.45) is 0. The van der Waals surface area contributed by atoms with Gasteiger partial charge in [0.05, 0.1) is 145 Å². The lowest BCUT2D eigenvalue weighted by Gasteiger charge is -2.36. The highest BCUT2D eigenvalue weighted by Crippen LogP contribution is 2.40. The summed E-state index contributed by atoms with van der Waals surface area (Å²) in [4.78, 5) is 0. The molecule has 0 saturated carbocycles. The molecule has 3 rings (SSSR count). The second-order valence-electron chi connectivity index (χ2n) is 11.5. The topological polar surface area (TPSA) is 122 Å². The van der Waals surface area contributed by atoms with Gasteiger partial charge in [0, 0.05) is 0 Å². The SMILES string of the molecule is OCCOCCOCCOCCOCCOCCOCCOCCOCCOCCOCCOC(c1ccccc1)(c1ccccc1)c1ccccc1. The third-order valence-electron chi connectivity index (χ3n) is 7.67.